The minimum atomic E-state index is 0. The number of para-hydroxylation sites is 1. The van der Waals surface area contributed by atoms with Crippen molar-refractivity contribution < 1.29 is 4.79 Å². The first-order valence-electron chi connectivity index (χ1n) is 7.79. The third-order valence-corrected chi connectivity index (χ3v) is 5.11. The van der Waals surface area contributed by atoms with Gasteiger partial charge in [-0.15, -0.1) is 12.4 Å². The largest absolute Gasteiger partial charge is 0.350 e. The van der Waals surface area contributed by atoms with Crippen LogP contribution in [0.5, 0.6) is 0 Å². The van der Waals surface area contributed by atoms with Crippen LogP contribution in [0.25, 0.3) is 10.9 Å². The summed E-state index contributed by atoms with van der Waals surface area (Å²) < 4.78 is 2.03. The molecule has 3 saturated heterocycles. The van der Waals surface area contributed by atoms with Gasteiger partial charge in [-0.05, 0) is 37.9 Å². The fourth-order valence-electron chi connectivity index (χ4n) is 3.90. The smallest absolute Gasteiger partial charge is 0.253 e. The molecule has 22 heavy (non-hydrogen) atoms. The minimum Gasteiger partial charge on any atom is -0.350 e. The van der Waals surface area contributed by atoms with E-state index in [9.17, 15) is 4.79 Å². The van der Waals surface area contributed by atoms with E-state index in [0.717, 1.165) is 23.0 Å². The number of rotatable bonds is 2. The van der Waals surface area contributed by atoms with Gasteiger partial charge in [-0.25, -0.2) is 0 Å². The fraction of sp³-hybridized carbons (Fsp3) is 0.471. The number of carbonyl (C=O) groups is 1. The van der Waals surface area contributed by atoms with Crippen LogP contribution in [-0.4, -0.2) is 41.1 Å². The van der Waals surface area contributed by atoms with Crippen LogP contribution >= 0.6 is 12.4 Å². The first-order valence-corrected chi connectivity index (χ1v) is 7.79. The number of carbonyl (C=O) groups excluding carboxylic acids is 1. The topological polar surface area (TPSA) is 37.3 Å². The van der Waals surface area contributed by atoms with Gasteiger partial charge >= 0.3 is 0 Å². The summed E-state index contributed by atoms with van der Waals surface area (Å²) in [5, 5.41) is 4.32. The van der Waals surface area contributed by atoms with E-state index < -0.39 is 0 Å². The van der Waals surface area contributed by atoms with Crippen molar-refractivity contribution in [3.8, 4) is 0 Å². The molecule has 2 aromatic rings. The van der Waals surface area contributed by atoms with Crippen molar-refractivity contribution in [1.29, 1.82) is 0 Å². The van der Waals surface area contributed by atoms with Gasteiger partial charge in [0.25, 0.3) is 5.91 Å². The van der Waals surface area contributed by atoms with Crippen LogP contribution in [0.15, 0.2) is 30.5 Å². The summed E-state index contributed by atoms with van der Waals surface area (Å²) in [7, 11) is 1.99. The number of hydrogen-bond acceptors (Lipinski definition) is 2. The van der Waals surface area contributed by atoms with Crippen molar-refractivity contribution >= 4 is 29.2 Å². The van der Waals surface area contributed by atoms with Gasteiger partial charge in [0.1, 0.15) is 0 Å². The number of fused-ring (bicyclic) bond motifs is 4. The van der Waals surface area contributed by atoms with Crippen LogP contribution in [0.2, 0.25) is 0 Å². The molecule has 1 atom stereocenters. The molecule has 1 unspecified atom stereocenters. The Labute approximate surface area is 136 Å². The molecule has 3 aliphatic rings. The van der Waals surface area contributed by atoms with E-state index in [0.29, 0.717) is 12.0 Å². The highest BCUT2D eigenvalue weighted by atomic mass is 35.5. The molecule has 0 spiro atoms. The van der Waals surface area contributed by atoms with Gasteiger partial charge in [-0.3, -0.25) is 4.79 Å². The van der Waals surface area contributed by atoms with E-state index in [2.05, 4.69) is 16.3 Å². The summed E-state index contributed by atoms with van der Waals surface area (Å²) in [6.45, 7) is 3.41. The van der Waals surface area contributed by atoms with Gasteiger partial charge in [0.05, 0.1) is 5.56 Å². The van der Waals surface area contributed by atoms with Crippen LogP contribution in [0.3, 0.4) is 0 Å². The van der Waals surface area contributed by atoms with Crippen molar-refractivity contribution in [3.63, 3.8) is 0 Å². The molecule has 2 bridgehead atoms. The predicted molar refractivity (Wildman–Crippen MR) is 90.6 cm³/mol. The highest BCUT2D eigenvalue weighted by molar-refractivity contribution is 6.07. The second-order valence-electron chi connectivity index (χ2n) is 6.39. The molecule has 0 aliphatic carbocycles. The van der Waals surface area contributed by atoms with Crippen molar-refractivity contribution in [2.45, 2.75) is 18.9 Å². The average Bonchev–Trinajstić information content (AvgIpc) is 2.86. The fourth-order valence-corrected chi connectivity index (χ4v) is 3.90. The van der Waals surface area contributed by atoms with Crippen LogP contribution in [-0.2, 0) is 7.05 Å². The zero-order chi connectivity index (χ0) is 14.4. The van der Waals surface area contributed by atoms with Gasteiger partial charge in [-0.1, -0.05) is 18.2 Å². The normalized spacial score (nSPS) is 26.7. The third kappa shape index (κ3) is 2.50. The molecule has 1 aromatic heterocycles. The predicted octanol–water partition coefficient (Wildman–Crippen LogP) is 2.42. The van der Waals surface area contributed by atoms with Crippen LogP contribution in [0.1, 0.15) is 23.2 Å². The minimum absolute atomic E-state index is 0. The number of halogens is 1. The average molecular weight is 320 g/mol. The summed E-state index contributed by atoms with van der Waals surface area (Å²) >= 11 is 0. The van der Waals surface area contributed by atoms with Crippen molar-refractivity contribution in [3.05, 3.63) is 36.0 Å². The van der Waals surface area contributed by atoms with Crippen LogP contribution < -0.4 is 5.32 Å². The first-order chi connectivity index (χ1) is 10.2. The third-order valence-electron chi connectivity index (χ3n) is 5.11. The highest BCUT2D eigenvalue weighted by Crippen LogP contribution is 2.28. The lowest BCUT2D eigenvalue weighted by atomic mass is 9.84. The van der Waals surface area contributed by atoms with Crippen molar-refractivity contribution in [2.75, 3.05) is 19.6 Å². The number of amides is 1. The number of nitrogens with zero attached hydrogens (tertiary/aromatic N) is 2. The van der Waals surface area contributed by atoms with Crippen LogP contribution in [0, 0.1) is 5.92 Å². The van der Waals surface area contributed by atoms with E-state index >= 15 is 0 Å². The zero-order valence-electron chi connectivity index (χ0n) is 12.8. The molecule has 4 nitrogen and oxygen atoms in total. The maximum atomic E-state index is 12.7. The summed E-state index contributed by atoms with van der Waals surface area (Å²) in [6, 6.07) is 8.41. The van der Waals surface area contributed by atoms with Crippen molar-refractivity contribution in [2.24, 2.45) is 13.0 Å². The Morgan fingerprint density at radius 1 is 1.23 bits per heavy atom. The quantitative estimate of drug-likeness (QED) is 0.923. The monoisotopic (exact) mass is 319 g/mol. The SMILES string of the molecule is Cl.Cn1cc(C(=O)NC2CN3CCC2CC3)c2ccccc21. The lowest BCUT2D eigenvalue weighted by Gasteiger charge is -2.44. The van der Waals surface area contributed by atoms with E-state index in [-0.39, 0.29) is 18.3 Å². The molecule has 118 valence electrons. The van der Waals surface area contributed by atoms with Gasteiger partial charge in [0, 0.05) is 36.7 Å². The summed E-state index contributed by atoms with van der Waals surface area (Å²) in [5.41, 5.74) is 1.90. The molecule has 5 rings (SSSR count). The molecule has 3 fully saturated rings. The molecule has 1 N–H and O–H groups in total. The second kappa shape index (κ2) is 5.94. The number of benzene rings is 1. The maximum Gasteiger partial charge on any atom is 0.253 e. The second-order valence-corrected chi connectivity index (χ2v) is 6.39. The van der Waals surface area contributed by atoms with Gasteiger partial charge < -0.3 is 14.8 Å². The Morgan fingerprint density at radius 2 is 1.95 bits per heavy atom. The Hall–Kier alpha value is -1.52. The molecular formula is C17H22ClN3O. The Balaban J connectivity index is 0.00000144. The van der Waals surface area contributed by atoms with E-state index in [4.69, 9.17) is 0 Å². The van der Waals surface area contributed by atoms with Crippen molar-refractivity contribution in [1.82, 2.24) is 14.8 Å². The first kappa shape index (κ1) is 15.4. The number of aryl methyl sites for hydroxylation is 1. The molecule has 0 saturated carbocycles. The lowest BCUT2D eigenvalue weighted by Crippen LogP contribution is -2.57. The highest BCUT2D eigenvalue weighted by Gasteiger charge is 2.35. The molecular weight excluding hydrogens is 298 g/mol. The van der Waals surface area contributed by atoms with E-state index in [1.165, 1.54) is 25.9 Å². The van der Waals surface area contributed by atoms with E-state index in [1.54, 1.807) is 0 Å². The standard InChI is InChI=1S/C17H21N3O.ClH/c1-19-10-14(13-4-2-3-5-16(13)19)17(21)18-15-11-20-8-6-12(15)7-9-20;/h2-5,10,12,15H,6-9,11H2,1H3,(H,18,21);1H. The van der Waals surface area contributed by atoms with Gasteiger partial charge in [0.15, 0.2) is 0 Å². The summed E-state index contributed by atoms with van der Waals surface area (Å²) in [4.78, 5) is 15.1. The molecule has 4 heterocycles. The number of piperidine rings is 3. The van der Waals surface area contributed by atoms with Gasteiger partial charge in [0.2, 0.25) is 0 Å². The molecule has 1 aromatic carbocycles. The Kier molecular flexibility index (Phi) is 4.15. The molecule has 3 aliphatic heterocycles. The van der Waals surface area contributed by atoms with Crippen LogP contribution in [0.4, 0.5) is 0 Å². The molecule has 1 amide bonds. The number of nitrogens with one attached hydrogen (secondary N) is 1. The molecule has 5 heteroatoms. The van der Waals surface area contributed by atoms with E-state index in [1.807, 2.05) is 36.0 Å². The molecule has 0 radical (unpaired) electrons. The summed E-state index contributed by atoms with van der Waals surface area (Å²) in [5.74, 6) is 0.736. The Bertz CT molecular complexity index is 688. The maximum absolute atomic E-state index is 12.7. The zero-order valence-corrected chi connectivity index (χ0v) is 13.6. The number of aromatic nitrogens is 1. The summed E-state index contributed by atoms with van der Waals surface area (Å²) in [6.07, 6.45) is 4.39. The lowest BCUT2D eigenvalue weighted by molar-refractivity contribution is 0.0621. The number of hydrogen-bond donors (Lipinski definition) is 1. The van der Waals surface area contributed by atoms with Gasteiger partial charge in [-0.2, -0.15) is 0 Å². The Morgan fingerprint density at radius 3 is 2.64 bits per heavy atom.